The molecule has 98 valence electrons. The first-order valence-electron chi connectivity index (χ1n) is 7.21. The minimum atomic E-state index is -0.291. The van der Waals surface area contributed by atoms with Gasteiger partial charge in [0.05, 0.1) is 5.54 Å². The third-order valence-electron chi connectivity index (χ3n) is 4.27. The molecular formula is C18H21N. The van der Waals surface area contributed by atoms with Gasteiger partial charge in [-0.1, -0.05) is 61.9 Å². The molecule has 1 atom stereocenters. The lowest BCUT2D eigenvalue weighted by Crippen LogP contribution is -2.35. The van der Waals surface area contributed by atoms with Gasteiger partial charge in [-0.3, -0.25) is 0 Å². The molecule has 1 aliphatic rings. The molecule has 2 N–H and O–H groups in total. The third-order valence-corrected chi connectivity index (χ3v) is 4.27. The molecule has 0 spiro atoms. The summed E-state index contributed by atoms with van der Waals surface area (Å²) >= 11 is 0. The maximum atomic E-state index is 6.76. The lowest BCUT2D eigenvalue weighted by atomic mass is 9.84. The van der Waals surface area contributed by atoms with Crippen LogP contribution in [0.4, 0.5) is 0 Å². The van der Waals surface area contributed by atoms with Crippen molar-refractivity contribution in [3.63, 3.8) is 0 Å². The minimum Gasteiger partial charge on any atom is -0.318 e. The van der Waals surface area contributed by atoms with Crippen LogP contribution in [0.25, 0.3) is 0 Å². The van der Waals surface area contributed by atoms with Crippen molar-refractivity contribution in [1.82, 2.24) is 0 Å². The highest BCUT2D eigenvalue weighted by atomic mass is 14.8. The molecule has 0 aromatic heterocycles. The Morgan fingerprint density at radius 1 is 1.11 bits per heavy atom. The smallest absolute Gasteiger partial charge is 0.0671 e. The maximum Gasteiger partial charge on any atom is 0.0671 e. The Morgan fingerprint density at radius 3 is 2.79 bits per heavy atom. The molecule has 0 saturated carbocycles. The van der Waals surface area contributed by atoms with Gasteiger partial charge in [0, 0.05) is 0 Å². The van der Waals surface area contributed by atoms with E-state index in [9.17, 15) is 0 Å². The predicted molar refractivity (Wildman–Crippen MR) is 80.2 cm³/mol. The molecule has 0 radical (unpaired) electrons. The number of fused-ring (bicyclic) bond motifs is 1. The first kappa shape index (κ1) is 12.4. The van der Waals surface area contributed by atoms with Crippen molar-refractivity contribution in [2.24, 2.45) is 5.73 Å². The number of aryl methyl sites for hydroxylation is 2. The molecule has 1 unspecified atom stereocenters. The Morgan fingerprint density at radius 2 is 1.95 bits per heavy atom. The van der Waals surface area contributed by atoms with Crippen LogP contribution in [-0.2, 0) is 18.4 Å². The van der Waals surface area contributed by atoms with Gasteiger partial charge in [0.1, 0.15) is 0 Å². The standard InChI is InChI=1S/C18H21N/c1-2-6-14-7-5-9-16(13-14)18(19)12-11-15-8-3-4-10-17(15)18/h3-5,7-10,13H,2,6,11-12,19H2,1H3. The van der Waals surface area contributed by atoms with Crippen LogP contribution in [0.1, 0.15) is 42.0 Å². The third kappa shape index (κ3) is 2.08. The van der Waals surface area contributed by atoms with Crippen molar-refractivity contribution in [2.45, 2.75) is 38.1 Å². The van der Waals surface area contributed by atoms with Gasteiger partial charge in [-0.25, -0.2) is 0 Å². The van der Waals surface area contributed by atoms with Crippen molar-refractivity contribution in [3.05, 3.63) is 70.8 Å². The predicted octanol–water partition coefficient (Wildman–Crippen LogP) is 3.79. The quantitative estimate of drug-likeness (QED) is 0.882. The lowest BCUT2D eigenvalue weighted by Gasteiger charge is -2.26. The molecule has 0 amide bonds. The molecule has 0 heterocycles. The second kappa shape index (κ2) is 4.82. The average molecular weight is 251 g/mol. The van der Waals surface area contributed by atoms with Gasteiger partial charge in [0.25, 0.3) is 0 Å². The molecule has 0 saturated heterocycles. The first-order chi connectivity index (χ1) is 9.24. The van der Waals surface area contributed by atoms with E-state index in [0.29, 0.717) is 0 Å². The topological polar surface area (TPSA) is 26.0 Å². The summed E-state index contributed by atoms with van der Waals surface area (Å²) in [5.74, 6) is 0. The van der Waals surface area contributed by atoms with Crippen LogP contribution >= 0.6 is 0 Å². The summed E-state index contributed by atoms with van der Waals surface area (Å²) in [4.78, 5) is 0. The van der Waals surface area contributed by atoms with E-state index in [4.69, 9.17) is 5.73 Å². The summed E-state index contributed by atoms with van der Waals surface area (Å²) in [6.45, 7) is 2.22. The molecule has 2 aromatic rings. The molecule has 2 aromatic carbocycles. The van der Waals surface area contributed by atoms with Crippen LogP contribution in [0.5, 0.6) is 0 Å². The normalized spacial score (nSPS) is 21.4. The second-order valence-corrected chi connectivity index (χ2v) is 5.58. The summed E-state index contributed by atoms with van der Waals surface area (Å²) < 4.78 is 0. The Bertz CT molecular complexity index is 588. The van der Waals surface area contributed by atoms with E-state index < -0.39 is 0 Å². The fourth-order valence-electron chi connectivity index (χ4n) is 3.23. The molecular weight excluding hydrogens is 230 g/mol. The van der Waals surface area contributed by atoms with E-state index in [1.54, 1.807) is 0 Å². The average Bonchev–Trinajstić information content (AvgIpc) is 2.79. The summed E-state index contributed by atoms with van der Waals surface area (Å²) in [5, 5.41) is 0. The minimum absolute atomic E-state index is 0.291. The van der Waals surface area contributed by atoms with E-state index in [1.807, 2.05) is 0 Å². The molecule has 19 heavy (non-hydrogen) atoms. The number of hydrogen-bond acceptors (Lipinski definition) is 1. The number of benzene rings is 2. The van der Waals surface area contributed by atoms with Crippen LogP contribution in [-0.4, -0.2) is 0 Å². The van der Waals surface area contributed by atoms with E-state index in [-0.39, 0.29) is 5.54 Å². The van der Waals surface area contributed by atoms with Crippen LogP contribution in [0, 0.1) is 0 Å². The Kier molecular flexibility index (Phi) is 3.16. The van der Waals surface area contributed by atoms with Gasteiger partial charge in [-0.05, 0) is 41.5 Å². The van der Waals surface area contributed by atoms with Gasteiger partial charge in [-0.2, -0.15) is 0 Å². The van der Waals surface area contributed by atoms with Gasteiger partial charge in [0.15, 0.2) is 0 Å². The second-order valence-electron chi connectivity index (χ2n) is 5.58. The van der Waals surface area contributed by atoms with Gasteiger partial charge < -0.3 is 5.73 Å². The SMILES string of the molecule is CCCc1cccc(C2(N)CCc3ccccc32)c1. The highest BCUT2D eigenvalue weighted by molar-refractivity contribution is 5.47. The molecule has 3 rings (SSSR count). The van der Waals surface area contributed by atoms with E-state index in [1.165, 1.54) is 28.7 Å². The number of nitrogens with two attached hydrogens (primary N) is 1. The first-order valence-corrected chi connectivity index (χ1v) is 7.21. The van der Waals surface area contributed by atoms with Gasteiger partial charge >= 0.3 is 0 Å². The number of rotatable bonds is 3. The maximum absolute atomic E-state index is 6.76. The summed E-state index contributed by atoms with van der Waals surface area (Å²) in [6.07, 6.45) is 4.41. The highest BCUT2D eigenvalue weighted by Gasteiger charge is 2.36. The number of hydrogen-bond donors (Lipinski definition) is 1. The lowest BCUT2D eigenvalue weighted by molar-refractivity contribution is 0.534. The molecule has 0 bridgehead atoms. The Hall–Kier alpha value is -1.60. The zero-order valence-corrected chi connectivity index (χ0v) is 11.5. The molecule has 1 nitrogen and oxygen atoms in total. The van der Waals surface area contributed by atoms with E-state index in [2.05, 4.69) is 55.5 Å². The van der Waals surface area contributed by atoms with Crippen molar-refractivity contribution in [1.29, 1.82) is 0 Å². The van der Waals surface area contributed by atoms with Gasteiger partial charge in [0.2, 0.25) is 0 Å². The van der Waals surface area contributed by atoms with E-state index in [0.717, 1.165) is 19.3 Å². The van der Waals surface area contributed by atoms with Crippen LogP contribution in [0.2, 0.25) is 0 Å². The zero-order chi connectivity index (χ0) is 13.3. The monoisotopic (exact) mass is 251 g/mol. The van der Waals surface area contributed by atoms with Crippen molar-refractivity contribution >= 4 is 0 Å². The zero-order valence-electron chi connectivity index (χ0n) is 11.5. The van der Waals surface area contributed by atoms with Crippen molar-refractivity contribution in [3.8, 4) is 0 Å². The fourth-order valence-corrected chi connectivity index (χ4v) is 3.23. The molecule has 0 fully saturated rings. The molecule has 1 aliphatic carbocycles. The fraction of sp³-hybridized carbons (Fsp3) is 0.333. The largest absolute Gasteiger partial charge is 0.318 e. The summed E-state index contributed by atoms with van der Waals surface area (Å²) in [7, 11) is 0. The van der Waals surface area contributed by atoms with Crippen molar-refractivity contribution in [2.75, 3.05) is 0 Å². The molecule has 1 heteroatoms. The van der Waals surface area contributed by atoms with Crippen LogP contribution < -0.4 is 5.73 Å². The van der Waals surface area contributed by atoms with Crippen LogP contribution in [0.15, 0.2) is 48.5 Å². The highest BCUT2D eigenvalue weighted by Crippen LogP contribution is 2.39. The summed E-state index contributed by atoms with van der Waals surface area (Å²) in [6, 6.07) is 17.4. The van der Waals surface area contributed by atoms with E-state index >= 15 is 0 Å². The van der Waals surface area contributed by atoms with Crippen molar-refractivity contribution < 1.29 is 0 Å². The Balaban J connectivity index is 2.04. The van der Waals surface area contributed by atoms with Gasteiger partial charge in [-0.15, -0.1) is 0 Å². The Labute approximate surface area is 115 Å². The summed E-state index contributed by atoms with van der Waals surface area (Å²) in [5.41, 5.74) is 11.8. The molecule has 0 aliphatic heterocycles. The van der Waals surface area contributed by atoms with Crippen LogP contribution in [0.3, 0.4) is 0 Å².